The van der Waals surface area contributed by atoms with Crippen LogP contribution in [0.25, 0.3) is 5.65 Å². The number of pyridine rings is 1. The first kappa shape index (κ1) is 17.7. The minimum absolute atomic E-state index is 0.0659. The molecule has 0 spiro atoms. The highest BCUT2D eigenvalue weighted by molar-refractivity contribution is 6.30. The van der Waals surface area contributed by atoms with Crippen molar-refractivity contribution in [3.63, 3.8) is 0 Å². The number of anilines is 3. The van der Waals surface area contributed by atoms with Gasteiger partial charge in [0.05, 0.1) is 17.3 Å². The van der Waals surface area contributed by atoms with Gasteiger partial charge in [-0.05, 0) is 19.9 Å². The molecule has 9 nitrogen and oxygen atoms in total. The molecular weight excluding hydrogens is 358 g/mol. The molecule has 26 heavy (non-hydrogen) atoms. The SMILES string of the molecule is CNc1cc(Nc2cc(Cl)cnc2OC(C)C)nc2c(C(N)=O)cnn12. The first-order valence-electron chi connectivity index (χ1n) is 7.84. The maximum absolute atomic E-state index is 11.6. The summed E-state index contributed by atoms with van der Waals surface area (Å²) in [7, 11) is 1.73. The summed E-state index contributed by atoms with van der Waals surface area (Å²) in [6.07, 6.45) is 2.81. The predicted octanol–water partition coefficient (Wildman–Crippen LogP) is 2.45. The number of hydrogen-bond donors (Lipinski definition) is 3. The van der Waals surface area contributed by atoms with Gasteiger partial charge in [0.2, 0.25) is 5.88 Å². The lowest BCUT2D eigenvalue weighted by Gasteiger charge is -2.15. The number of nitrogens with zero attached hydrogens (tertiary/aromatic N) is 4. The molecule has 0 unspecified atom stereocenters. The molecule has 0 saturated heterocycles. The lowest BCUT2D eigenvalue weighted by Crippen LogP contribution is -2.12. The quantitative estimate of drug-likeness (QED) is 0.605. The number of nitrogens with one attached hydrogen (secondary N) is 2. The molecule has 0 aliphatic carbocycles. The lowest BCUT2D eigenvalue weighted by atomic mass is 10.3. The van der Waals surface area contributed by atoms with E-state index in [2.05, 4.69) is 25.7 Å². The fourth-order valence-electron chi connectivity index (χ4n) is 2.35. The van der Waals surface area contributed by atoms with E-state index in [0.29, 0.717) is 33.9 Å². The number of carbonyl (C=O) groups excluding carboxylic acids is 1. The Morgan fingerprint density at radius 1 is 1.35 bits per heavy atom. The second kappa shape index (κ2) is 7.04. The maximum atomic E-state index is 11.6. The molecule has 10 heteroatoms. The molecule has 3 rings (SSSR count). The van der Waals surface area contributed by atoms with Gasteiger partial charge in [-0.1, -0.05) is 11.6 Å². The molecule has 3 aromatic rings. The van der Waals surface area contributed by atoms with E-state index in [0.717, 1.165) is 0 Å². The molecule has 1 amide bonds. The van der Waals surface area contributed by atoms with Crippen LogP contribution in [0.2, 0.25) is 5.02 Å². The third-order valence-corrected chi connectivity index (χ3v) is 3.63. The Balaban J connectivity index is 2.08. The smallest absolute Gasteiger partial charge is 0.254 e. The summed E-state index contributed by atoms with van der Waals surface area (Å²) < 4.78 is 7.19. The van der Waals surface area contributed by atoms with Crippen molar-refractivity contribution in [2.75, 3.05) is 17.7 Å². The minimum Gasteiger partial charge on any atom is -0.473 e. The van der Waals surface area contributed by atoms with E-state index in [9.17, 15) is 4.79 Å². The average molecular weight is 376 g/mol. The van der Waals surface area contributed by atoms with Gasteiger partial charge in [0.25, 0.3) is 5.91 Å². The van der Waals surface area contributed by atoms with Crippen molar-refractivity contribution in [2.45, 2.75) is 20.0 Å². The molecule has 136 valence electrons. The van der Waals surface area contributed by atoms with Crippen molar-refractivity contribution in [1.29, 1.82) is 0 Å². The highest BCUT2D eigenvalue weighted by Gasteiger charge is 2.16. The fraction of sp³-hybridized carbons (Fsp3) is 0.250. The number of fused-ring (bicyclic) bond motifs is 1. The number of ether oxygens (including phenoxy) is 1. The van der Waals surface area contributed by atoms with Gasteiger partial charge in [-0.3, -0.25) is 4.79 Å². The van der Waals surface area contributed by atoms with E-state index in [-0.39, 0.29) is 11.7 Å². The zero-order valence-electron chi connectivity index (χ0n) is 14.4. The van der Waals surface area contributed by atoms with Crippen LogP contribution >= 0.6 is 11.6 Å². The largest absolute Gasteiger partial charge is 0.473 e. The van der Waals surface area contributed by atoms with Crippen molar-refractivity contribution < 1.29 is 9.53 Å². The van der Waals surface area contributed by atoms with Gasteiger partial charge in [-0.15, -0.1) is 0 Å². The topological polar surface area (TPSA) is 119 Å². The van der Waals surface area contributed by atoms with Crippen molar-refractivity contribution in [3.8, 4) is 5.88 Å². The molecule has 0 atom stereocenters. The van der Waals surface area contributed by atoms with Crippen LogP contribution < -0.4 is 21.1 Å². The molecule has 0 aromatic carbocycles. The third-order valence-electron chi connectivity index (χ3n) is 3.42. The Kier molecular flexibility index (Phi) is 4.81. The van der Waals surface area contributed by atoms with E-state index in [4.69, 9.17) is 22.1 Å². The molecule has 0 bridgehead atoms. The highest BCUT2D eigenvalue weighted by Crippen LogP contribution is 2.29. The zero-order valence-corrected chi connectivity index (χ0v) is 15.2. The summed E-state index contributed by atoms with van der Waals surface area (Å²) in [5, 5.41) is 10.7. The van der Waals surface area contributed by atoms with Gasteiger partial charge in [-0.25, -0.2) is 9.97 Å². The second-order valence-electron chi connectivity index (χ2n) is 5.73. The first-order chi connectivity index (χ1) is 12.4. The van der Waals surface area contributed by atoms with Crippen LogP contribution in [0.3, 0.4) is 0 Å². The first-order valence-corrected chi connectivity index (χ1v) is 8.22. The van der Waals surface area contributed by atoms with Crippen LogP contribution in [0.15, 0.2) is 24.5 Å². The Hall–Kier alpha value is -3.07. The highest BCUT2D eigenvalue weighted by atomic mass is 35.5. The van der Waals surface area contributed by atoms with Crippen molar-refractivity contribution >= 4 is 40.5 Å². The van der Waals surface area contributed by atoms with Gasteiger partial charge in [0.15, 0.2) is 5.65 Å². The molecule has 0 aliphatic heterocycles. The number of aromatic nitrogens is 4. The summed E-state index contributed by atoms with van der Waals surface area (Å²) >= 11 is 6.06. The number of nitrogens with two attached hydrogens (primary N) is 1. The van der Waals surface area contributed by atoms with Crippen LogP contribution in [0, 0.1) is 0 Å². The number of carbonyl (C=O) groups is 1. The van der Waals surface area contributed by atoms with E-state index in [1.54, 1.807) is 19.2 Å². The van der Waals surface area contributed by atoms with Crippen molar-refractivity contribution in [1.82, 2.24) is 19.6 Å². The average Bonchev–Trinajstić information content (AvgIpc) is 3.00. The fourth-order valence-corrected chi connectivity index (χ4v) is 2.51. The Bertz CT molecular complexity index is 971. The van der Waals surface area contributed by atoms with E-state index in [1.807, 2.05) is 13.8 Å². The maximum Gasteiger partial charge on any atom is 0.254 e. The van der Waals surface area contributed by atoms with Gasteiger partial charge in [0, 0.05) is 19.3 Å². The number of primary amides is 1. The second-order valence-corrected chi connectivity index (χ2v) is 6.17. The van der Waals surface area contributed by atoms with Crippen LogP contribution in [-0.4, -0.2) is 38.6 Å². The monoisotopic (exact) mass is 375 g/mol. The number of halogens is 1. The van der Waals surface area contributed by atoms with Crippen molar-refractivity contribution in [2.24, 2.45) is 5.73 Å². The molecule has 4 N–H and O–H groups in total. The van der Waals surface area contributed by atoms with Gasteiger partial charge >= 0.3 is 0 Å². The molecule has 3 heterocycles. The molecule has 3 aromatic heterocycles. The standard InChI is InChI=1S/C16H18ClN7O2/c1-8(2)26-16-11(4-9(17)6-20-16)22-12-5-13(19-3)24-15(23-12)10(7-21-24)14(18)25/h4-8,19H,1-3H3,(H2,18,25)(H,22,23). The van der Waals surface area contributed by atoms with Crippen LogP contribution in [-0.2, 0) is 0 Å². The zero-order chi connectivity index (χ0) is 18.8. The van der Waals surface area contributed by atoms with Crippen LogP contribution in [0.4, 0.5) is 17.3 Å². The summed E-state index contributed by atoms with van der Waals surface area (Å²) in [6, 6.07) is 3.41. The lowest BCUT2D eigenvalue weighted by molar-refractivity contribution is 0.100. The number of rotatable bonds is 6. The number of hydrogen-bond acceptors (Lipinski definition) is 7. The van der Waals surface area contributed by atoms with Gasteiger partial charge in [0.1, 0.15) is 22.9 Å². The summed E-state index contributed by atoms with van der Waals surface area (Å²) in [4.78, 5) is 20.2. The van der Waals surface area contributed by atoms with E-state index < -0.39 is 5.91 Å². The molecule has 0 fully saturated rings. The molecule has 0 radical (unpaired) electrons. The summed E-state index contributed by atoms with van der Waals surface area (Å²) in [6.45, 7) is 3.80. The van der Waals surface area contributed by atoms with Crippen LogP contribution in [0.5, 0.6) is 5.88 Å². The van der Waals surface area contributed by atoms with Gasteiger partial charge in [-0.2, -0.15) is 9.61 Å². The molecule has 0 aliphatic rings. The van der Waals surface area contributed by atoms with E-state index >= 15 is 0 Å². The number of amides is 1. The minimum atomic E-state index is -0.611. The van der Waals surface area contributed by atoms with E-state index in [1.165, 1.54) is 16.9 Å². The normalized spacial score (nSPS) is 11.0. The molecule has 0 saturated carbocycles. The summed E-state index contributed by atoms with van der Waals surface area (Å²) in [5.74, 6) is 0.842. The third kappa shape index (κ3) is 3.47. The Morgan fingerprint density at radius 2 is 2.12 bits per heavy atom. The van der Waals surface area contributed by atoms with Crippen molar-refractivity contribution in [3.05, 3.63) is 35.1 Å². The molecular formula is C16H18ClN7O2. The predicted molar refractivity (Wildman–Crippen MR) is 99.3 cm³/mol. The Morgan fingerprint density at radius 3 is 2.77 bits per heavy atom. The summed E-state index contributed by atoms with van der Waals surface area (Å²) in [5.41, 5.74) is 6.49. The van der Waals surface area contributed by atoms with Gasteiger partial charge < -0.3 is 21.1 Å². The van der Waals surface area contributed by atoms with Crippen LogP contribution in [0.1, 0.15) is 24.2 Å². The Labute approximate surface area is 154 Å².